The highest BCUT2D eigenvalue weighted by Gasteiger charge is 2.41. The van der Waals surface area contributed by atoms with Crippen molar-refractivity contribution >= 4 is 11.8 Å². The highest BCUT2D eigenvalue weighted by atomic mass is 19.4. The lowest BCUT2D eigenvalue weighted by atomic mass is 9.82. The second-order valence-corrected chi connectivity index (χ2v) is 13.0. The van der Waals surface area contributed by atoms with Crippen LogP contribution in [0.1, 0.15) is 83.1 Å². The molecule has 0 aliphatic carbocycles. The first-order chi connectivity index (χ1) is 21.5. The van der Waals surface area contributed by atoms with Crippen LogP contribution < -0.4 is 15.6 Å². The largest absolute Gasteiger partial charge is 0.497 e. The van der Waals surface area contributed by atoms with Gasteiger partial charge in [-0.1, -0.05) is 17.3 Å². The van der Waals surface area contributed by atoms with Gasteiger partial charge in [0, 0.05) is 24.0 Å². The summed E-state index contributed by atoms with van der Waals surface area (Å²) in [5, 5.41) is 10.8. The monoisotopic (exact) mass is 650 g/mol. The van der Waals surface area contributed by atoms with Gasteiger partial charge < -0.3 is 29.0 Å². The van der Waals surface area contributed by atoms with Crippen LogP contribution in [0.5, 0.6) is 5.75 Å². The minimum atomic E-state index is -4.91. The maximum absolute atomic E-state index is 14.0. The molecule has 252 valence electrons. The number of aromatic nitrogens is 4. The topological polar surface area (TPSA) is 134 Å². The van der Waals surface area contributed by atoms with Gasteiger partial charge in [-0.25, -0.2) is 9.48 Å². The number of carbonyl (C=O) groups is 1. The molecule has 3 heterocycles. The van der Waals surface area contributed by atoms with Crippen molar-refractivity contribution < 1.29 is 36.7 Å². The number of nitrogens with one attached hydrogen (secondary N) is 1. The van der Waals surface area contributed by atoms with Gasteiger partial charge in [-0.15, -0.1) is 0 Å². The lowest BCUT2D eigenvalue weighted by molar-refractivity contribution is -0.138. The summed E-state index contributed by atoms with van der Waals surface area (Å²) < 4.78 is 64.4. The summed E-state index contributed by atoms with van der Waals surface area (Å²) >= 11 is 0. The van der Waals surface area contributed by atoms with Gasteiger partial charge in [0.25, 0.3) is 11.4 Å². The van der Waals surface area contributed by atoms with Crippen LogP contribution in [-0.4, -0.2) is 68.4 Å². The number of nitrogens with zero attached hydrogens (tertiary/aromatic N) is 5. The Morgan fingerprint density at radius 3 is 2.50 bits per heavy atom. The van der Waals surface area contributed by atoms with Crippen molar-refractivity contribution in [3.05, 3.63) is 63.7 Å². The molecule has 1 aliphatic rings. The molecule has 1 aliphatic heterocycles. The van der Waals surface area contributed by atoms with E-state index in [9.17, 15) is 22.8 Å². The average molecular weight is 651 g/mol. The van der Waals surface area contributed by atoms with Crippen LogP contribution in [0, 0.1) is 0 Å². The van der Waals surface area contributed by atoms with E-state index in [2.05, 4.69) is 20.6 Å². The quantitative estimate of drug-likeness (QED) is 0.295. The second-order valence-electron chi connectivity index (χ2n) is 13.0. The summed E-state index contributed by atoms with van der Waals surface area (Å²) in [5.74, 6) is 1.25. The molecular formula is C31H41F3N6O6. The van der Waals surface area contributed by atoms with E-state index in [1.807, 2.05) is 34.6 Å². The maximum atomic E-state index is 14.0. The first-order valence-electron chi connectivity index (χ1n) is 14.9. The van der Waals surface area contributed by atoms with Crippen molar-refractivity contribution in [1.82, 2.24) is 24.8 Å². The summed E-state index contributed by atoms with van der Waals surface area (Å²) in [6.07, 6.45) is -3.07. The maximum Gasteiger partial charge on any atom is 0.423 e. The summed E-state index contributed by atoms with van der Waals surface area (Å²) in [4.78, 5) is 31.7. The van der Waals surface area contributed by atoms with Crippen molar-refractivity contribution in [3.63, 3.8) is 0 Å². The minimum absolute atomic E-state index is 0.0226. The number of amides is 1. The molecule has 2 aromatic heterocycles. The zero-order valence-electron chi connectivity index (χ0n) is 27.1. The Kier molecular flexibility index (Phi) is 10.3. The molecule has 1 aromatic carbocycles. The Morgan fingerprint density at radius 1 is 1.20 bits per heavy atom. The molecule has 1 fully saturated rings. The molecule has 1 saturated heterocycles. The number of methoxy groups -OCH3 is 1. The average Bonchev–Trinajstić information content (AvgIpc) is 3.41. The highest BCUT2D eigenvalue weighted by Crippen LogP contribution is 2.37. The number of piperidine rings is 1. The number of carbonyl (C=O) groups excluding carboxylic acids is 1. The Balaban J connectivity index is 1.33. The van der Waals surface area contributed by atoms with E-state index >= 15 is 0 Å². The summed E-state index contributed by atoms with van der Waals surface area (Å²) in [6, 6.07) is 5.97. The number of hydrogen-bond acceptors (Lipinski definition) is 10. The fourth-order valence-electron chi connectivity index (χ4n) is 5.29. The third-order valence-corrected chi connectivity index (χ3v) is 7.45. The van der Waals surface area contributed by atoms with E-state index in [0.29, 0.717) is 36.5 Å². The van der Waals surface area contributed by atoms with Crippen molar-refractivity contribution in [3.8, 4) is 5.75 Å². The van der Waals surface area contributed by atoms with Crippen LogP contribution in [0.2, 0.25) is 0 Å². The molecule has 12 nitrogen and oxygen atoms in total. The number of benzene rings is 1. The third-order valence-electron chi connectivity index (χ3n) is 7.45. The fourth-order valence-corrected chi connectivity index (χ4v) is 5.29. The molecule has 3 aromatic rings. The number of hydrogen-bond donors (Lipinski definition) is 1. The van der Waals surface area contributed by atoms with Crippen molar-refractivity contribution in [2.45, 2.75) is 96.8 Å². The Bertz CT molecular complexity index is 1550. The normalized spacial score (nSPS) is 17.4. The van der Waals surface area contributed by atoms with Crippen molar-refractivity contribution in [2.24, 2.45) is 0 Å². The SMILES string of the molecule is COc1ccc(Cn2ncc(NC(C)COCc3nc(C4CCN(C(=O)OC(C)(C)C)C(C)(C)C4)no3)c(C(F)(F)F)c2=O)cc1. The molecule has 0 bridgehead atoms. The number of alkyl halides is 3. The Morgan fingerprint density at radius 2 is 1.89 bits per heavy atom. The van der Waals surface area contributed by atoms with Crippen LogP contribution in [0.25, 0.3) is 0 Å². The van der Waals surface area contributed by atoms with Crippen LogP contribution >= 0.6 is 0 Å². The van der Waals surface area contributed by atoms with E-state index in [0.717, 1.165) is 10.9 Å². The molecule has 0 saturated carbocycles. The number of likely N-dealkylation sites (tertiary alicyclic amines) is 1. The minimum Gasteiger partial charge on any atom is -0.497 e. The molecule has 2 unspecified atom stereocenters. The number of rotatable bonds is 10. The van der Waals surface area contributed by atoms with Gasteiger partial charge in [-0.2, -0.15) is 23.3 Å². The first kappa shape index (κ1) is 34.7. The first-order valence-corrected chi connectivity index (χ1v) is 14.9. The van der Waals surface area contributed by atoms with Crippen LogP contribution in [0.15, 0.2) is 39.8 Å². The lowest BCUT2D eigenvalue weighted by Gasteiger charge is -2.44. The number of ether oxygens (including phenoxy) is 3. The molecule has 4 rings (SSSR count). The lowest BCUT2D eigenvalue weighted by Crippen LogP contribution is -2.53. The smallest absolute Gasteiger partial charge is 0.423 e. The van der Waals surface area contributed by atoms with Gasteiger partial charge in [0.2, 0.25) is 0 Å². The van der Waals surface area contributed by atoms with Gasteiger partial charge >= 0.3 is 12.3 Å². The zero-order valence-corrected chi connectivity index (χ0v) is 27.1. The molecule has 1 N–H and O–H groups in total. The predicted octanol–water partition coefficient (Wildman–Crippen LogP) is 5.61. The number of halogens is 3. The van der Waals surface area contributed by atoms with Crippen molar-refractivity contribution in [2.75, 3.05) is 25.6 Å². The van der Waals surface area contributed by atoms with Gasteiger partial charge in [-0.05, 0) is 72.1 Å². The van der Waals surface area contributed by atoms with Gasteiger partial charge in [0.05, 0.1) is 32.1 Å². The molecule has 0 spiro atoms. The predicted molar refractivity (Wildman–Crippen MR) is 162 cm³/mol. The Labute approximate surface area is 265 Å². The molecule has 2 atom stereocenters. The van der Waals surface area contributed by atoms with Crippen LogP contribution in [0.4, 0.5) is 23.7 Å². The van der Waals surface area contributed by atoms with E-state index in [-0.39, 0.29) is 37.7 Å². The molecule has 1 amide bonds. The van der Waals surface area contributed by atoms with Crippen molar-refractivity contribution in [1.29, 1.82) is 0 Å². The van der Waals surface area contributed by atoms with Gasteiger partial charge in [0.1, 0.15) is 23.5 Å². The molecule has 0 radical (unpaired) electrons. The van der Waals surface area contributed by atoms with Gasteiger partial charge in [0.15, 0.2) is 5.82 Å². The molecular weight excluding hydrogens is 609 g/mol. The van der Waals surface area contributed by atoms with E-state index in [1.54, 1.807) is 36.1 Å². The fraction of sp³-hybridized carbons (Fsp3) is 0.581. The number of anilines is 1. The molecule has 46 heavy (non-hydrogen) atoms. The summed E-state index contributed by atoms with van der Waals surface area (Å²) in [7, 11) is 1.50. The molecule has 15 heteroatoms. The zero-order chi connectivity index (χ0) is 33.9. The third kappa shape index (κ3) is 8.77. The van der Waals surface area contributed by atoms with E-state index in [1.165, 1.54) is 7.11 Å². The Hall–Kier alpha value is -4.14. The summed E-state index contributed by atoms with van der Waals surface area (Å²) in [6.45, 7) is 11.3. The van der Waals surface area contributed by atoms with E-state index in [4.69, 9.17) is 18.7 Å². The van der Waals surface area contributed by atoms with Gasteiger partial charge in [-0.3, -0.25) is 4.79 Å². The summed E-state index contributed by atoms with van der Waals surface area (Å²) in [5.41, 5.74) is -3.56. The second kappa shape index (κ2) is 13.7. The highest BCUT2D eigenvalue weighted by molar-refractivity contribution is 5.69. The standard InChI is InChI=1S/C31H41F3N6O6/c1-19(36-23-15-35-40(27(41)25(23)31(32,33)34)16-20-8-10-22(43-7)11-9-20)17-44-18-24-37-26(38-46-24)21-12-13-39(30(5,6)14-21)28(42)45-29(2,3)4/h8-11,15,19,21,36H,12-14,16-18H2,1-7H3. The van der Waals surface area contributed by atoms with Crippen LogP contribution in [0.3, 0.4) is 0 Å². The van der Waals surface area contributed by atoms with Crippen LogP contribution in [-0.2, 0) is 28.8 Å². The van der Waals surface area contributed by atoms with E-state index < -0.39 is 40.2 Å².